The maximum Gasteiger partial charge on any atom is 0.263 e. The molecule has 1 aliphatic heterocycles. The van der Waals surface area contributed by atoms with Gasteiger partial charge in [-0.15, -0.1) is 0 Å². The largest absolute Gasteiger partial charge is 0.352 e. The minimum absolute atomic E-state index is 0.0627. The average molecular weight is 465 g/mol. The van der Waals surface area contributed by atoms with Crippen molar-refractivity contribution >= 4 is 33.2 Å². The number of likely N-dealkylation sites (N-methyl/N-ethyl adjacent to an activating group) is 1. The van der Waals surface area contributed by atoms with E-state index >= 15 is 0 Å². The van der Waals surface area contributed by atoms with Gasteiger partial charge >= 0.3 is 0 Å². The lowest BCUT2D eigenvalue weighted by atomic mass is 10.2. The summed E-state index contributed by atoms with van der Waals surface area (Å²) in [4.78, 5) is 17.1. The first kappa shape index (κ1) is 23.5. The van der Waals surface area contributed by atoms with Gasteiger partial charge in [0.05, 0.1) is 10.7 Å². The maximum atomic E-state index is 12.9. The van der Waals surface area contributed by atoms with E-state index < -0.39 is 10.0 Å². The van der Waals surface area contributed by atoms with Crippen molar-refractivity contribution < 1.29 is 13.2 Å². The lowest BCUT2D eigenvalue weighted by Gasteiger charge is -2.32. The van der Waals surface area contributed by atoms with E-state index in [1.54, 1.807) is 12.1 Å². The third-order valence-corrected chi connectivity index (χ3v) is 7.25. The highest BCUT2D eigenvalue weighted by Crippen LogP contribution is 2.26. The number of hydrogen-bond acceptors (Lipinski definition) is 5. The first-order valence-corrected chi connectivity index (χ1v) is 12.2. The molecule has 0 aromatic heterocycles. The van der Waals surface area contributed by atoms with Crippen molar-refractivity contribution in [2.24, 2.45) is 0 Å². The summed E-state index contributed by atoms with van der Waals surface area (Å²) in [5.74, 6) is -0.317. The standard InChI is InChI=1S/C22H29ClN4O3S/c1-17-6-3-4-7-20(17)25-31(29,30)21-16-18(8-9-19(21)23)22(28)24-10-5-11-27-14-12-26(2)13-15-27/h3-4,6-9,16,25H,5,10-15H2,1-2H3,(H,24,28). The van der Waals surface area contributed by atoms with Crippen molar-refractivity contribution in [2.45, 2.75) is 18.2 Å². The summed E-state index contributed by atoms with van der Waals surface area (Å²) in [7, 11) is -1.82. The van der Waals surface area contributed by atoms with Gasteiger partial charge in [-0.25, -0.2) is 8.42 Å². The zero-order chi connectivity index (χ0) is 22.4. The molecule has 31 heavy (non-hydrogen) atoms. The number of piperazine rings is 1. The topological polar surface area (TPSA) is 81.7 Å². The summed E-state index contributed by atoms with van der Waals surface area (Å²) in [6.07, 6.45) is 0.836. The third-order valence-electron chi connectivity index (χ3n) is 5.40. The smallest absolute Gasteiger partial charge is 0.263 e. The van der Waals surface area contributed by atoms with Crippen molar-refractivity contribution in [2.75, 3.05) is 51.0 Å². The van der Waals surface area contributed by atoms with Gasteiger partial charge in [0.1, 0.15) is 4.90 Å². The highest BCUT2D eigenvalue weighted by atomic mass is 35.5. The van der Waals surface area contributed by atoms with Gasteiger partial charge in [-0.2, -0.15) is 0 Å². The average Bonchev–Trinajstić information content (AvgIpc) is 2.74. The number of benzene rings is 2. The Bertz CT molecular complexity index is 1020. The molecular formula is C22H29ClN4O3S. The number of nitrogens with one attached hydrogen (secondary N) is 2. The lowest BCUT2D eigenvalue weighted by Crippen LogP contribution is -2.45. The molecule has 1 heterocycles. The van der Waals surface area contributed by atoms with E-state index in [1.807, 2.05) is 19.1 Å². The molecule has 2 N–H and O–H groups in total. The van der Waals surface area contributed by atoms with Gasteiger partial charge in [0.15, 0.2) is 0 Å². The van der Waals surface area contributed by atoms with Crippen molar-refractivity contribution in [3.8, 4) is 0 Å². The molecule has 9 heteroatoms. The van der Waals surface area contributed by atoms with Gasteiger partial charge in [-0.05, 0) is 56.8 Å². The summed E-state index contributed by atoms with van der Waals surface area (Å²) in [6, 6.07) is 11.4. The van der Waals surface area contributed by atoms with E-state index in [0.29, 0.717) is 12.2 Å². The molecule has 0 radical (unpaired) electrons. The molecule has 0 atom stereocenters. The highest BCUT2D eigenvalue weighted by Gasteiger charge is 2.21. The number of nitrogens with zero attached hydrogens (tertiary/aromatic N) is 2. The first-order chi connectivity index (χ1) is 14.8. The van der Waals surface area contributed by atoms with Gasteiger partial charge in [0, 0.05) is 38.3 Å². The van der Waals surface area contributed by atoms with Gasteiger partial charge in [-0.3, -0.25) is 9.52 Å². The molecule has 168 valence electrons. The molecule has 0 bridgehead atoms. The Hall–Kier alpha value is -2.13. The van der Waals surface area contributed by atoms with Crippen molar-refractivity contribution in [1.82, 2.24) is 15.1 Å². The molecule has 3 rings (SSSR count). The Morgan fingerprint density at radius 3 is 2.52 bits per heavy atom. The number of amides is 1. The molecular weight excluding hydrogens is 436 g/mol. The fraction of sp³-hybridized carbons (Fsp3) is 0.409. The quantitative estimate of drug-likeness (QED) is 0.587. The summed E-state index contributed by atoms with van der Waals surface area (Å²) < 4.78 is 28.3. The Morgan fingerprint density at radius 1 is 1.10 bits per heavy atom. The SMILES string of the molecule is Cc1ccccc1NS(=O)(=O)c1cc(C(=O)NCCCN2CCN(C)CC2)ccc1Cl. The van der Waals surface area contributed by atoms with Crippen molar-refractivity contribution in [1.29, 1.82) is 0 Å². The number of rotatable bonds is 8. The predicted octanol–water partition coefficient (Wildman–Crippen LogP) is 2.82. The molecule has 0 unspecified atom stereocenters. The number of para-hydroxylation sites is 1. The summed E-state index contributed by atoms with van der Waals surface area (Å²) in [5, 5.41) is 2.93. The highest BCUT2D eigenvalue weighted by molar-refractivity contribution is 7.92. The van der Waals surface area contributed by atoms with Crippen LogP contribution >= 0.6 is 11.6 Å². The summed E-state index contributed by atoms with van der Waals surface area (Å²) in [6.45, 7) is 7.46. The monoisotopic (exact) mass is 464 g/mol. The van der Waals surface area contributed by atoms with Crippen LogP contribution in [0.1, 0.15) is 22.3 Å². The van der Waals surface area contributed by atoms with E-state index in [9.17, 15) is 13.2 Å². The molecule has 2 aromatic carbocycles. The van der Waals surface area contributed by atoms with Gasteiger partial charge in [0.25, 0.3) is 15.9 Å². The van der Waals surface area contributed by atoms with Crippen LogP contribution in [0.4, 0.5) is 5.69 Å². The molecule has 2 aromatic rings. The van der Waals surface area contributed by atoms with Crippen LogP contribution in [0.5, 0.6) is 0 Å². The Balaban J connectivity index is 1.60. The van der Waals surface area contributed by atoms with E-state index in [4.69, 9.17) is 11.6 Å². The second-order valence-electron chi connectivity index (χ2n) is 7.82. The van der Waals surface area contributed by atoms with E-state index in [2.05, 4.69) is 26.9 Å². The minimum atomic E-state index is -3.94. The fourth-order valence-corrected chi connectivity index (χ4v) is 5.07. The maximum absolute atomic E-state index is 12.9. The van der Waals surface area contributed by atoms with Crippen LogP contribution in [0.15, 0.2) is 47.4 Å². The molecule has 1 aliphatic rings. The van der Waals surface area contributed by atoms with Gasteiger partial charge in [0.2, 0.25) is 0 Å². The Kier molecular flexibility index (Phi) is 7.94. The number of carbonyl (C=O) groups excluding carboxylic acids is 1. The molecule has 0 spiro atoms. The minimum Gasteiger partial charge on any atom is -0.352 e. The van der Waals surface area contributed by atoms with Gasteiger partial charge in [-0.1, -0.05) is 29.8 Å². The lowest BCUT2D eigenvalue weighted by molar-refractivity contribution is 0.0949. The summed E-state index contributed by atoms with van der Waals surface area (Å²) >= 11 is 6.15. The van der Waals surface area contributed by atoms with Crippen LogP contribution in [0.25, 0.3) is 0 Å². The molecule has 0 aliphatic carbocycles. The van der Waals surface area contributed by atoms with Crippen molar-refractivity contribution in [3.63, 3.8) is 0 Å². The Labute approximate surface area is 189 Å². The third kappa shape index (κ3) is 6.43. The molecule has 1 amide bonds. The molecule has 0 saturated carbocycles. The van der Waals surface area contributed by atoms with Crippen molar-refractivity contribution in [3.05, 3.63) is 58.6 Å². The number of sulfonamides is 1. The summed E-state index contributed by atoms with van der Waals surface area (Å²) in [5.41, 5.74) is 1.52. The van der Waals surface area contributed by atoms with Gasteiger partial charge < -0.3 is 15.1 Å². The van der Waals surface area contributed by atoms with Crippen LogP contribution < -0.4 is 10.0 Å². The van der Waals surface area contributed by atoms with Crippen LogP contribution in [0.2, 0.25) is 5.02 Å². The Morgan fingerprint density at radius 2 is 1.81 bits per heavy atom. The van der Waals surface area contributed by atoms with Crippen LogP contribution in [-0.2, 0) is 10.0 Å². The predicted molar refractivity (Wildman–Crippen MR) is 124 cm³/mol. The first-order valence-electron chi connectivity index (χ1n) is 10.3. The number of halogens is 1. The fourth-order valence-electron chi connectivity index (χ4n) is 3.42. The van der Waals surface area contributed by atoms with Crippen LogP contribution in [0.3, 0.4) is 0 Å². The van der Waals surface area contributed by atoms with E-state index in [0.717, 1.165) is 44.7 Å². The van der Waals surface area contributed by atoms with E-state index in [1.165, 1.54) is 18.2 Å². The number of carbonyl (C=O) groups is 1. The number of aryl methyl sites for hydroxylation is 1. The number of anilines is 1. The van der Waals surface area contributed by atoms with Crippen LogP contribution in [0, 0.1) is 6.92 Å². The zero-order valence-electron chi connectivity index (χ0n) is 17.9. The second-order valence-corrected chi connectivity index (χ2v) is 9.88. The molecule has 1 saturated heterocycles. The molecule has 7 nitrogen and oxygen atoms in total. The zero-order valence-corrected chi connectivity index (χ0v) is 19.5. The van der Waals surface area contributed by atoms with E-state index in [-0.39, 0.29) is 21.4 Å². The molecule has 1 fully saturated rings. The number of hydrogen-bond donors (Lipinski definition) is 2. The second kappa shape index (κ2) is 10.5. The normalized spacial score (nSPS) is 15.6. The van der Waals surface area contributed by atoms with Crippen LogP contribution in [-0.4, -0.2) is 70.4 Å².